The van der Waals surface area contributed by atoms with Gasteiger partial charge in [0.1, 0.15) is 12.4 Å². The smallest absolute Gasteiger partial charge is 0.125 e. The van der Waals surface area contributed by atoms with E-state index < -0.39 is 6.10 Å². The molecule has 1 unspecified atom stereocenters. The Balaban J connectivity index is 1.65. The number of hydrogen-bond acceptors (Lipinski definition) is 3. The van der Waals surface area contributed by atoms with Gasteiger partial charge in [0.05, 0.1) is 6.10 Å². The van der Waals surface area contributed by atoms with E-state index in [4.69, 9.17) is 4.74 Å². The predicted octanol–water partition coefficient (Wildman–Crippen LogP) is 3.84. The Hall–Kier alpha value is -1.45. The van der Waals surface area contributed by atoms with Crippen molar-refractivity contribution in [3.63, 3.8) is 0 Å². The summed E-state index contributed by atoms with van der Waals surface area (Å²) in [6.45, 7) is 2.44. The van der Waals surface area contributed by atoms with Crippen LogP contribution in [0.3, 0.4) is 0 Å². The highest BCUT2D eigenvalue weighted by molar-refractivity contribution is 8.00. The molecule has 0 aromatic heterocycles. The third kappa shape index (κ3) is 2.84. The van der Waals surface area contributed by atoms with Crippen LogP contribution >= 0.6 is 11.8 Å². The highest BCUT2D eigenvalue weighted by Gasteiger charge is 2.22. The summed E-state index contributed by atoms with van der Waals surface area (Å²) in [7, 11) is 0. The van der Waals surface area contributed by atoms with Gasteiger partial charge in [-0.1, -0.05) is 36.4 Å². The number of rotatable bonds is 4. The van der Waals surface area contributed by atoms with Gasteiger partial charge in [0.15, 0.2) is 0 Å². The van der Waals surface area contributed by atoms with Crippen molar-refractivity contribution in [2.75, 3.05) is 6.61 Å². The van der Waals surface area contributed by atoms with E-state index >= 15 is 0 Å². The summed E-state index contributed by atoms with van der Waals surface area (Å²) in [5, 5.41) is 10.2. The maximum atomic E-state index is 9.75. The van der Waals surface area contributed by atoms with Crippen LogP contribution in [0.1, 0.15) is 24.2 Å². The molecular weight excluding hydrogens is 268 g/mol. The number of thioether (sulfide) groups is 1. The van der Waals surface area contributed by atoms with Crippen molar-refractivity contribution in [2.45, 2.75) is 29.6 Å². The number of benzene rings is 2. The molecule has 0 aliphatic carbocycles. The van der Waals surface area contributed by atoms with Crippen LogP contribution in [0, 0.1) is 0 Å². The molecule has 0 saturated carbocycles. The van der Waals surface area contributed by atoms with E-state index in [1.165, 1.54) is 10.5 Å². The molecule has 1 heterocycles. The maximum Gasteiger partial charge on any atom is 0.125 e. The van der Waals surface area contributed by atoms with Crippen molar-refractivity contribution in [1.82, 2.24) is 0 Å². The molecule has 20 heavy (non-hydrogen) atoms. The number of ether oxygens (including phenoxy) is 1. The number of para-hydroxylation sites is 1. The maximum absolute atomic E-state index is 9.75. The first-order valence-electron chi connectivity index (χ1n) is 6.88. The van der Waals surface area contributed by atoms with Crippen LogP contribution in [0.25, 0.3) is 0 Å². The van der Waals surface area contributed by atoms with E-state index in [-0.39, 0.29) is 0 Å². The van der Waals surface area contributed by atoms with E-state index in [1.807, 2.05) is 36.0 Å². The van der Waals surface area contributed by atoms with Gasteiger partial charge in [-0.25, -0.2) is 0 Å². The normalized spacial score (nSPS) is 18.6. The Morgan fingerprint density at radius 2 is 1.95 bits per heavy atom. The van der Waals surface area contributed by atoms with Gasteiger partial charge in [0, 0.05) is 15.7 Å². The average Bonchev–Trinajstić information content (AvgIpc) is 2.88. The molecule has 2 nitrogen and oxygen atoms in total. The van der Waals surface area contributed by atoms with Gasteiger partial charge in [0.2, 0.25) is 0 Å². The molecule has 0 bridgehead atoms. The molecule has 2 aromatic rings. The van der Waals surface area contributed by atoms with Gasteiger partial charge >= 0.3 is 0 Å². The molecule has 0 fully saturated rings. The summed E-state index contributed by atoms with van der Waals surface area (Å²) in [5.41, 5.74) is 2.27. The molecule has 2 aromatic carbocycles. The molecular formula is C17H18O2S. The van der Waals surface area contributed by atoms with Gasteiger partial charge < -0.3 is 9.84 Å². The molecule has 0 radical (unpaired) electrons. The topological polar surface area (TPSA) is 29.5 Å². The molecule has 3 heteroatoms. The van der Waals surface area contributed by atoms with Crippen molar-refractivity contribution in [3.8, 4) is 5.75 Å². The number of hydrogen-bond donors (Lipinski definition) is 1. The van der Waals surface area contributed by atoms with Crippen LogP contribution in [-0.2, 0) is 6.42 Å². The average molecular weight is 286 g/mol. The monoisotopic (exact) mass is 286 g/mol. The number of aliphatic hydroxyl groups is 1. The minimum atomic E-state index is -0.500. The summed E-state index contributed by atoms with van der Waals surface area (Å²) in [6, 6.07) is 16.2. The molecule has 1 aliphatic heterocycles. The van der Waals surface area contributed by atoms with E-state index in [0.717, 1.165) is 17.7 Å². The minimum Gasteiger partial charge on any atom is -0.492 e. The Morgan fingerprint density at radius 3 is 2.75 bits per heavy atom. The summed E-state index contributed by atoms with van der Waals surface area (Å²) >= 11 is 1.88. The second-order valence-electron chi connectivity index (χ2n) is 5.08. The zero-order valence-corrected chi connectivity index (χ0v) is 12.3. The van der Waals surface area contributed by atoms with Crippen molar-refractivity contribution in [2.24, 2.45) is 0 Å². The lowest BCUT2D eigenvalue weighted by molar-refractivity contribution is 0.191. The Morgan fingerprint density at radius 1 is 1.20 bits per heavy atom. The number of aliphatic hydroxyl groups excluding tert-OH is 1. The minimum absolute atomic E-state index is 0.453. The lowest BCUT2D eigenvalue weighted by atomic mass is 10.1. The van der Waals surface area contributed by atoms with Gasteiger partial charge in [-0.05, 0) is 31.0 Å². The number of fused-ring (bicyclic) bond motifs is 1. The fourth-order valence-corrected chi connectivity index (χ4v) is 3.70. The first kappa shape index (κ1) is 13.5. The predicted molar refractivity (Wildman–Crippen MR) is 82.4 cm³/mol. The molecule has 1 N–H and O–H groups in total. The van der Waals surface area contributed by atoms with E-state index in [9.17, 15) is 5.11 Å². The lowest BCUT2D eigenvalue weighted by Gasteiger charge is -2.15. The fraction of sp³-hybridized carbons (Fsp3) is 0.294. The third-order valence-electron chi connectivity index (χ3n) is 3.51. The Labute approximate surface area is 123 Å². The summed E-state index contributed by atoms with van der Waals surface area (Å²) < 4.78 is 5.93. The van der Waals surface area contributed by atoms with Crippen molar-refractivity contribution < 1.29 is 9.84 Å². The van der Waals surface area contributed by atoms with Crippen molar-refractivity contribution >= 4 is 11.8 Å². The van der Waals surface area contributed by atoms with Crippen molar-refractivity contribution in [3.05, 3.63) is 59.7 Å². The first-order chi connectivity index (χ1) is 9.74. The Bertz CT molecular complexity index is 570. The van der Waals surface area contributed by atoms with Gasteiger partial charge in [-0.3, -0.25) is 0 Å². The molecule has 3 rings (SSSR count). The molecule has 1 aliphatic rings. The molecule has 0 amide bonds. The first-order valence-corrected chi connectivity index (χ1v) is 7.76. The van der Waals surface area contributed by atoms with Crippen LogP contribution in [0.15, 0.2) is 53.4 Å². The van der Waals surface area contributed by atoms with Crippen molar-refractivity contribution in [1.29, 1.82) is 0 Å². The summed E-state index contributed by atoms with van der Waals surface area (Å²) in [5.74, 6) is 0.791. The van der Waals surface area contributed by atoms with Crippen LogP contribution in [0.2, 0.25) is 0 Å². The van der Waals surface area contributed by atoms with Gasteiger partial charge in [0.25, 0.3) is 0 Å². The van der Waals surface area contributed by atoms with Gasteiger partial charge in [-0.15, -0.1) is 11.8 Å². The summed E-state index contributed by atoms with van der Waals surface area (Å²) in [6.07, 6.45) is 0.553. The largest absolute Gasteiger partial charge is 0.492 e. The molecule has 0 saturated heterocycles. The lowest BCUT2D eigenvalue weighted by Crippen LogP contribution is -2.14. The highest BCUT2D eigenvalue weighted by Crippen LogP contribution is 2.37. The van der Waals surface area contributed by atoms with Crippen LogP contribution in [0.5, 0.6) is 5.75 Å². The van der Waals surface area contributed by atoms with Crippen LogP contribution < -0.4 is 4.74 Å². The highest BCUT2D eigenvalue weighted by atomic mass is 32.2. The SMILES string of the molecule is C[C@@H](O)c1ccccc1OCC1Cc2ccccc2S1. The quantitative estimate of drug-likeness (QED) is 0.926. The van der Waals surface area contributed by atoms with E-state index in [0.29, 0.717) is 11.9 Å². The zero-order valence-electron chi connectivity index (χ0n) is 11.5. The third-order valence-corrected chi connectivity index (χ3v) is 4.80. The summed E-state index contributed by atoms with van der Waals surface area (Å²) in [4.78, 5) is 1.37. The van der Waals surface area contributed by atoms with Gasteiger partial charge in [-0.2, -0.15) is 0 Å². The second kappa shape index (κ2) is 5.90. The van der Waals surface area contributed by atoms with Crippen LogP contribution in [0.4, 0.5) is 0 Å². The molecule has 104 valence electrons. The molecule has 2 atom stereocenters. The zero-order chi connectivity index (χ0) is 13.9. The second-order valence-corrected chi connectivity index (χ2v) is 6.42. The standard InChI is InChI=1S/C17H18O2S/c1-12(18)15-7-3-4-8-16(15)19-11-14-10-13-6-2-5-9-17(13)20-14/h2-9,12,14,18H,10-11H2,1H3/t12-,14?/m1/s1. The van der Waals surface area contributed by atoms with E-state index in [1.54, 1.807) is 6.92 Å². The van der Waals surface area contributed by atoms with Crippen LogP contribution in [-0.4, -0.2) is 17.0 Å². The van der Waals surface area contributed by atoms with E-state index in [2.05, 4.69) is 24.3 Å². The Kier molecular flexibility index (Phi) is 3.99. The fourth-order valence-electron chi connectivity index (χ4n) is 2.49. The molecule has 0 spiro atoms.